The molecule has 0 bridgehead atoms. The molecule has 1 fully saturated rings. The average Bonchev–Trinajstić information content (AvgIpc) is 2.65. The highest BCUT2D eigenvalue weighted by atomic mass is 19.1. The number of rotatable bonds is 1. The third-order valence-electron chi connectivity index (χ3n) is 2.46. The van der Waals surface area contributed by atoms with Crippen LogP contribution in [0.1, 0.15) is 16.9 Å². The van der Waals surface area contributed by atoms with Gasteiger partial charge >= 0.3 is 0 Å². The molecule has 1 atom stereocenters. The summed E-state index contributed by atoms with van der Waals surface area (Å²) in [7, 11) is 0. The van der Waals surface area contributed by atoms with Crippen molar-refractivity contribution in [1.82, 2.24) is 9.88 Å². The molecule has 1 aliphatic heterocycles. The molecular weight excluding hydrogens is 197 g/mol. The van der Waals surface area contributed by atoms with Gasteiger partial charge in [-0.15, -0.1) is 0 Å². The van der Waals surface area contributed by atoms with Crippen LogP contribution >= 0.6 is 0 Å². The Hall–Kier alpha value is -1.49. The topological polar surface area (TPSA) is 59.2 Å². The van der Waals surface area contributed by atoms with E-state index < -0.39 is 5.82 Å². The molecule has 0 saturated carbocycles. The van der Waals surface area contributed by atoms with Crippen LogP contribution in [0.4, 0.5) is 4.39 Å². The van der Waals surface area contributed by atoms with Gasteiger partial charge in [-0.05, 0) is 18.6 Å². The number of hydrogen-bond donors (Lipinski definition) is 1. The Morgan fingerprint density at radius 2 is 2.40 bits per heavy atom. The van der Waals surface area contributed by atoms with Crippen LogP contribution in [0.25, 0.3) is 0 Å². The van der Waals surface area contributed by atoms with Crippen molar-refractivity contribution in [2.45, 2.75) is 12.5 Å². The number of carbonyl (C=O) groups is 1. The predicted molar refractivity (Wildman–Crippen MR) is 52.7 cm³/mol. The molecule has 0 aromatic carbocycles. The maximum atomic E-state index is 12.6. The summed E-state index contributed by atoms with van der Waals surface area (Å²) >= 11 is 0. The first-order valence-corrected chi connectivity index (χ1v) is 4.83. The first-order valence-electron chi connectivity index (χ1n) is 4.83. The van der Waals surface area contributed by atoms with E-state index >= 15 is 0 Å². The van der Waals surface area contributed by atoms with Gasteiger partial charge in [0.25, 0.3) is 5.91 Å². The summed E-state index contributed by atoms with van der Waals surface area (Å²) < 4.78 is 12.6. The number of halogens is 1. The predicted octanol–water partition coefficient (Wildman–Crippen LogP) is 0.394. The minimum absolute atomic E-state index is 0.0504. The molecule has 2 N–H and O–H groups in total. The zero-order valence-electron chi connectivity index (χ0n) is 8.19. The van der Waals surface area contributed by atoms with E-state index in [2.05, 4.69) is 4.98 Å². The van der Waals surface area contributed by atoms with E-state index in [-0.39, 0.29) is 17.6 Å². The second-order valence-electron chi connectivity index (χ2n) is 3.66. The van der Waals surface area contributed by atoms with E-state index in [0.29, 0.717) is 13.1 Å². The van der Waals surface area contributed by atoms with E-state index in [1.54, 1.807) is 4.90 Å². The van der Waals surface area contributed by atoms with Crippen molar-refractivity contribution >= 4 is 5.91 Å². The minimum atomic E-state index is -0.440. The number of carbonyl (C=O) groups excluding carboxylic acids is 1. The molecule has 5 heteroatoms. The SMILES string of the molecule is NC1CCN(C(=O)c2ccc(F)cn2)C1. The van der Waals surface area contributed by atoms with Crippen LogP contribution in [-0.2, 0) is 0 Å². The van der Waals surface area contributed by atoms with Crippen molar-refractivity contribution in [3.8, 4) is 0 Å². The van der Waals surface area contributed by atoms with Crippen LogP contribution in [0.15, 0.2) is 18.3 Å². The number of nitrogens with two attached hydrogens (primary N) is 1. The van der Waals surface area contributed by atoms with Crippen LogP contribution in [-0.4, -0.2) is 34.9 Å². The zero-order valence-corrected chi connectivity index (χ0v) is 8.19. The molecule has 80 valence electrons. The van der Waals surface area contributed by atoms with Crippen molar-refractivity contribution in [2.24, 2.45) is 5.73 Å². The lowest BCUT2D eigenvalue weighted by atomic mass is 10.3. The van der Waals surface area contributed by atoms with Gasteiger partial charge in [-0.2, -0.15) is 0 Å². The van der Waals surface area contributed by atoms with Crippen molar-refractivity contribution in [2.75, 3.05) is 13.1 Å². The second-order valence-corrected chi connectivity index (χ2v) is 3.66. The highest BCUT2D eigenvalue weighted by Gasteiger charge is 2.25. The highest BCUT2D eigenvalue weighted by molar-refractivity contribution is 5.92. The summed E-state index contributed by atoms with van der Waals surface area (Å²) in [5.74, 6) is -0.618. The number of nitrogens with zero attached hydrogens (tertiary/aromatic N) is 2. The monoisotopic (exact) mass is 209 g/mol. The highest BCUT2D eigenvalue weighted by Crippen LogP contribution is 2.11. The third-order valence-corrected chi connectivity index (χ3v) is 2.46. The van der Waals surface area contributed by atoms with E-state index in [1.807, 2.05) is 0 Å². The van der Waals surface area contributed by atoms with Crippen molar-refractivity contribution in [3.63, 3.8) is 0 Å². The van der Waals surface area contributed by atoms with E-state index in [4.69, 9.17) is 5.73 Å². The van der Waals surface area contributed by atoms with Crippen LogP contribution in [0.2, 0.25) is 0 Å². The second kappa shape index (κ2) is 3.94. The van der Waals surface area contributed by atoms with Crippen LogP contribution in [0.5, 0.6) is 0 Å². The van der Waals surface area contributed by atoms with Gasteiger partial charge in [0.15, 0.2) is 0 Å². The molecule has 0 spiro atoms. The summed E-state index contributed by atoms with van der Waals surface area (Å²) in [4.78, 5) is 17.2. The Labute approximate surface area is 86.9 Å². The summed E-state index contributed by atoms with van der Waals surface area (Å²) in [6.07, 6.45) is 1.86. The molecule has 1 aromatic heterocycles. The van der Waals surface area contributed by atoms with Gasteiger partial charge in [0.2, 0.25) is 0 Å². The fraction of sp³-hybridized carbons (Fsp3) is 0.400. The standard InChI is InChI=1S/C10H12FN3O/c11-7-1-2-9(13-5-7)10(15)14-4-3-8(12)6-14/h1-2,5,8H,3-4,6,12H2. The van der Waals surface area contributed by atoms with Gasteiger partial charge in [0.1, 0.15) is 11.5 Å². The molecular formula is C10H12FN3O. The Bertz CT molecular complexity index is 365. The van der Waals surface area contributed by atoms with Gasteiger partial charge < -0.3 is 10.6 Å². The number of amides is 1. The third kappa shape index (κ3) is 2.12. The zero-order chi connectivity index (χ0) is 10.8. The van der Waals surface area contributed by atoms with Gasteiger partial charge in [0, 0.05) is 19.1 Å². The minimum Gasteiger partial charge on any atom is -0.336 e. The lowest BCUT2D eigenvalue weighted by Crippen LogP contribution is -2.32. The molecule has 1 aliphatic rings. The van der Waals surface area contributed by atoms with Crippen LogP contribution < -0.4 is 5.73 Å². The molecule has 4 nitrogen and oxygen atoms in total. The summed E-state index contributed by atoms with van der Waals surface area (Å²) in [6, 6.07) is 2.67. The van der Waals surface area contributed by atoms with Gasteiger partial charge in [-0.3, -0.25) is 4.79 Å². The Balaban J connectivity index is 2.11. The molecule has 0 radical (unpaired) electrons. The van der Waals surface area contributed by atoms with E-state index in [1.165, 1.54) is 12.1 Å². The number of pyridine rings is 1. The summed E-state index contributed by atoms with van der Waals surface area (Å²) in [5, 5.41) is 0. The number of aromatic nitrogens is 1. The van der Waals surface area contributed by atoms with Gasteiger partial charge in [-0.25, -0.2) is 9.37 Å². The van der Waals surface area contributed by atoms with Crippen LogP contribution in [0.3, 0.4) is 0 Å². The molecule has 15 heavy (non-hydrogen) atoms. The van der Waals surface area contributed by atoms with Crippen molar-refractivity contribution in [1.29, 1.82) is 0 Å². The van der Waals surface area contributed by atoms with Crippen LogP contribution in [0, 0.1) is 5.82 Å². The van der Waals surface area contributed by atoms with Crippen molar-refractivity contribution in [3.05, 3.63) is 29.8 Å². The smallest absolute Gasteiger partial charge is 0.272 e. The average molecular weight is 209 g/mol. The Morgan fingerprint density at radius 1 is 1.60 bits per heavy atom. The molecule has 1 unspecified atom stereocenters. The fourth-order valence-corrected chi connectivity index (χ4v) is 1.64. The maximum absolute atomic E-state index is 12.6. The molecule has 2 heterocycles. The maximum Gasteiger partial charge on any atom is 0.272 e. The molecule has 2 rings (SSSR count). The fourth-order valence-electron chi connectivity index (χ4n) is 1.64. The molecule has 1 saturated heterocycles. The summed E-state index contributed by atoms with van der Waals surface area (Å²) in [5.41, 5.74) is 5.96. The number of likely N-dealkylation sites (tertiary alicyclic amines) is 1. The largest absolute Gasteiger partial charge is 0.336 e. The lowest BCUT2D eigenvalue weighted by molar-refractivity contribution is 0.0785. The lowest BCUT2D eigenvalue weighted by Gasteiger charge is -2.14. The van der Waals surface area contributed by atoms with E-state index in [0.717, 1.165) is 12.6 Å². The van der Waals surface area contributed by atoms with Gasteiger partial charge in [0.05, 0.1) is 6.20 Å². The number of hydrogen-bond acceptors (Lipinski definition) is 3. The van der Waals surface area contributed by atoms with Crippen molar-refractivity contribution < 1.29 is 9.18 Å². The summed E-state index contributed by atoms with van der Waals surface area (Å²) in [6.45, 7) is 1.21. The van der Waals surface area contributed by atoms with E-state index in [9.17, 15) is 9.18 Å². The molecule has 0 aliphatic carbocycles. The van der Waals surface area contributed by atoms with Gasteiger partial charge in [-0.1, -0.05) is 0 Å². The quantitative estimate of drug-likeness (QED) is 0.728. The first-order chi connectivity index (χ1) is 7.16. The molecule has 1 amide bonds. The first kappa shape index (κ1) is 10.0. The normalized spacial score (nSPS) is 20.7. The molecule has 1 aromatic rings. The Kier molecular flexibility index (Phi) is 2.64. The Morgan fingerprint density at radius 3 is 2.93 bits per heavy atom.